The summed E-state index contributed by atoms with van der Waals surface area (Å²) in [5.74, 6) is -0.499. The van der Waals surface area contributed by atoms with Crippen molar-refractivity contribution < 1.29 is 19.1 Å². The summed E-state index contributed by atoms with van der Waals surface area (Å²) in [6.45, 7) is 6.37. The molecule has 23 heavy (non-hydrogen) atoms. The van der Waals surface area contributed by atoms with Crippen LogP contribution in [0.2, 0.25) is 0 Å². The van der Waals surface area contributed by atoms with E-state index in [9.17, 15) is 9.59 Å². The Morgan fingerprint density at radius 1 is 1.09 bits per heavy atom. The molecule has 1 rings (SSSR count). The number of hydrogen-bond donors (Lipinski definition) is 2. The standard InChI is InChI=1S/C17H26N2O4/c1-4-22-16(23-5-2)12-18-17(21)15(19-13(3)20)11-14-9-7-6-8-10-14/h6-10,15-16H,4-5,11-12H2,1-3H3,(H,18,21)(H,19,20)/t15-/m0/s1. The lowest BCUT2D eigenvalue weighted by molar-refractivity contribution is -0.141. The van der Waals surface area contributed by atoms with Gasteiger partial charge in [0.15, 0.2) is 6.29 Å². The lowest BCUT2D eigenvalue weighted by Crippen LogP contribution is -2.49. The maximum atomic E-state index is 12.4. The van der Waals surface area contributed by atoms with Gasteiger partial charge in [-0.25, -0.2) is 0 Å². The first-order valence-corrected chi connectivity index (χ1v) is 7.88. The minimum absolute atomic E-state index is 0.241. The third kappa shape index (κ3) is 7.76. The Balaban J connectivity index is 2.62. The van der Waals surface area contributed by atoms with Gasteiger partial charge in [0.25, 0.3) is 0 Å². The first kappa shape index (κ1) is 19.1. The van der Waals surface area contributed by atoms with Crippen molar-refractivity contribution in [3.8, 4) is 0 Å². The summed E-state index contributed by atoms with van der Waals surface area (Å²) in [5, 5.41) is 5.46. The molecule has 1 atom stereocenters. The van der Waals surface area contributed by atoms with Crippen LogP contribution in [0, 0.1) is 0 Å². The van der Waals surface area contributed by atoms with Crippen molar-refractivity contribution in [3.05, 3.63) is 35.9 Å². The second kappa shape index (κ2) is 10.7. The molecule has 0 aliphatic rings. The number of carbonyl (C=O) groups excluding carboxylic acids is 2. The van der Waals surface area contributed by atoms with E-state index in [2.05, 4.69) is 10.6 Å². The first-order valence-electron chi connectivity index (χ1n) is 7.88. The third-order valence-corrected chi connectivity index (χ3v) is 3.12. The largest absolute Gasteiger partial charge is 0.351 e. The van der Waals surface area contributed by atoms with Gasteiger partial charge in [-0.1, -0.05) is 30.3 Å². The highest BCUT2D eigenvalue weighted by Gasteiger charge is 2.21. The minimum Gasteiger partial charge on any atom is -0.351 e. The summed E-state index contributed by atoms with van der Waals surface area (Å²) < 4.78 is 10.8. The van der Waals surface area contributed by atoms with Gasteiger partial charge in [0, 0.05) is 26.6 Å². The predicted octanol–water partition coefficient (Wildman–Crippen LogP) is 1.25. The fourth-order valence-electron chi connectivity index (χ4n) is 2.15. The summed E-state index contributed by atoms with van der Waals surface area (Å²) in [4.78, 5) is 23.7. The van der Waals surface area contributed by atoms with Crippen LogP contribution in [0.3, 0.4) is 0 Å². The second-order valence-corrected chi connectivity index (χ2v) is 5.03. The van der Waals surface area contributed by atoms with E-state index in [1.165, 1.54) is 6.92 Å². The molecule has 2 N–H and O–H groups in total. The average Bonchev–Trinajstić information content (AvgIpc) is 2.52. The monoisotopic (exact) mass is 322 g/mol. The smallest absolute Gasteiger partial charge is 0.243 e. The van der Waals surface area contributed by atoms with Crippen LogP contribution in [0.15, 0.2) is 30.3 Å². The van der Waals surface area contributed by atoms with Crippen LogP contribution in [-0.4, -0.2) is 43.9 Å². The zero-order valence-electron chi connectivity index (χ0n) is 14.0. The molecule has 0 aliphatic carbocycles. The maximum Gasteiger partial charge on any atom is 0.243 e. The number of nitrogens with one attached hydrogen (secondary N) is 2. The molecule has 0 fully saturated rings. The van der Waals surface area contributed by atoms with Gasteiger partial charge >= 0.3 is 0 Å². The maximum absolute atomic E-state index is 12.4. The lowest BCUT2D eigenvalue weighted by atomic mass is 10.1. The average molecular weight is 322 g/mol. The van der Waals surface area contributed by atoms with Gasteiger partial charge in [-0.2, -0.15) is 0 Å². The van der Waals surface area contributed by atoms with Crippen LogP contribution in [0.25, 0.3) is 0 Å². The normalized spacial score (nSPS) is 12.0. The molecule has 0 saturated carbocycles. The molecule has 0 bridgehead atoms. The van der Waals surface area contributed by atoms with E-state index in [0.29, 0.717) is 19.6 Å². The summed E-state index contributed by atoms with van der Waals surface area (Å²) in [7, 11) is 0. The predicted molar refractivity (Wildman–Crippen MR) is 87.8 cm³/mol. The number of benzene rings is 1. The van der Waals surface area contributed by atoms with Crippen LogP contribution in [0.1, 0.15) is 26.3 Å². The molecule has 0 aliphatic heterocycles. The molecule has 0 aromatic heterocycles. The van der Waals surface area contributed by atoms with Crippen LogP contribution in [-0.2, 0) is 25.5 Å². The van der Waals surface area contributed by atoms with Gasteiger partial charge in [0.05, 0.1) is 6.54 Å². The van der Waals surface area contributed by atoms with Crippen molar-refractivity contribution in [1.29, 1.82) is 0 Å². The SMILES string of the molecule is CCOC(CNC(=O)[C@H](Cc1ccccc1)NC(C)=O)OCC. The Kier molecular flexibility index (Phi) is 8.94. The van der Waals surface area contributed by atoms with Crippen LogP contribution in [0.5, 0.6) is 0 Å². The lowest BCUT2D eigenvalue weighted by Gasteiger charge is -2.21. The number of hydrogen-bond acceptors (Lipinski definition) is 4. The summed E-state index contributed by atoms with van der Waals surface area (Å²) in [6.07, 6.45) is -0.0520. The number of rotatable bonds is 10. The van der Waals surface area contributed by atoms with E-state index in [0.717, 1.165) is 5.56 Å². The second-order valence-electron chi connectivity index (χ2n) is 5.03. The first-order chi connectivity index (χ1) is 11.1. The Hall–Kier alpha value is -1.92. The van der Waals surface area contributed by atoms with E-state index in [1.54, 1.807) is 0 Å². The highest BCUT2D eigenvalue weighted by Crippen LogP contribution is 2.04. The molecular weight excluding hydrogens is 296 g/mol. The molecular formula is C17H26N2O4. The molecule has 1 aromatic carbocycles. The van der Waals surface area contributed by atoms with Crippen molar-refractivity contribution in [3.63, 3.8) is 0 Å². The topological polar surface area (TPSA) is 76.7 Å². The Labute approximate surface area is 137 Å². The van der Waals surface area contributed by atoms with Gasteiger partial charge in [-0.05, 0) is 19.4 Å². The number of ether oxygens (including phenoxy) is 2. The minimum atomic E-state index is -0.626. The van der Waals surface area contributed by atoms with E-state index in [4.69, 9.17) is 9.47 Å². The van der Waals surface area contributed by atoms with E-state index in [-0.39, 0.29) is 18.4 Å². The quantitative estimate of drug-likeness (QED) is 0.636. The highest BCUT2D eigenvalue weighted by atomic mass is 16.7. The highest BCUT2D eigenvalue weighted by molar-refractivity contribution is 5.87. The van der Waals surface area contributed by atoms with Gasteiger partial charge in [0.2, 0.25) is 11.8 Å². The van der Waals surface area contributed by atoms with Crippen molar-refractivity contribution in [2.75, 3.05) is 19.8 Å². The fourth-order valence-corrected chi connectivity index (χ4v) is 2.15. The van der Waals surface area contributed by atoms with E-state index >= 15 is 0 Å². The van der Waals surface area contributed by atoms with Gasteiger partial charge in [-0.3, -0.25) is 9.59 Å². The molecule has 0 radical (unpaired) electrons. The fraction of sp³-hybridized carbons (Fsp3) is 0.529. The summed E-state index contributed by atoms with van der Waals surface area (Å²) >= 11 is 0. The molecule has 1 aromatic rings. The van der Waals surface area contributed by atoms with Crippen molar-refractivity contribution in [2.24, 2.45) is 0 Å². The Morgan fingerprint density at radius 2 is 1.70 bits per heavy atom. The molecule has 0 spiro atoms. The van der Waals surface area contributed by atoms with Crippen LogP contribution in [0.4, 0.5) is 0 Å². The Morgan fingerprint density at radius 3 is 2.22 bits per heavy atom. The van der Waals surface area contributed by atoms with Crippen molar-refractivity contribution in [2.45, 2.75) is 39.5 Å². The summed E-state index contributed by atoms with van der Waals surface area (Å²) in [5.41, 5.74) is 0.979. The molecule has 6 heteroatoms. The Bertz CT molecular complexity index is 473. The third-order valence-electron chi connectivity index (χ3n) is 3.12. The number of carbonyl (C=O) groups is 2. The van der Waals surface area contributed by atoms with Crippen LogP contribution >= 0.6 is 0 Å². The zero-order valence-corrected chi connectivity index (χ0v) is 14.0. The van der Waals surface area contributed by atoms with Gasteiger partial charge < -0.3 is 20.1 Å². The molecule has 0 saturated heterocycles. The van der Waals surface area contributed by atoms with E-state index in [1.807, 2.05) is 44.2 Å². The molecule has 128 valence electrons. The van der Waals surface area contributed by atoms with Crippen molar-refractivity contribution in [1.82, 2.24) is 10.6 Å². The zero-order chi connectivity index (χ0) is 17.1. The molecule has 6 nitrogen and oxygen atoms in total. The van der Waals surface area contributed by atoms with Crippen LogP contribution < -0.4 is 10.6 Å². The summed E-state index contributed by atoms with van der Waals surface area (Å²) in [6, 6.07) is 8.93. The van der Waals surface area contributed by atoms with E-state index < -0.39 is 12.3 Å². The number of amides is 2. The van der Waals surface area contributed by atoms with Crippen molar-refractivity contribution >= 4 is 11.8 Å². The molecule has 0 heterocycles. The molecule has 2 amide bonds. The van der Waals surface area contributed by atoms with Gasteiger partial charge in [0.1, 0.15) is 6.04 Å². The van der Waals surface area contributed by atoms with Gasteiger partial charge in [-0.15, -0.1) is 0 Å². The molecule has 0 unspecified atom stereocenters.